The molecule has 0 radical (unpaired) electrons. The van der Waals surface area contributed by atoms with Crippen LogP contribution in [0.4, 0.5) is 5.13 Å². The summed E-state index contributed by atoms with van der Waals surface area (Å²) in [5.41, 5.74) is 0.913. The number of fused-ring (bicyclic) bond motifs is 2. The Morgan fingerprint density at radius 2 is 2.08 bits per heavy atom. The number of thioether (sulfide) groups is 1. The van der Waals surface area contributed by atoms with Crippen molar-refractivity contribution in [3.8, 4) is 11.5 Å². The fourth-order valence-electron chi connectivity index (χ4n) is 2.48. The third-order valence-corrected chi connectivity index (χ3v) is 5.34. The van der Waals surface area contributed by atoms with Gasteiger partial charge < -0.3 is 9.47 Å². The number of amides is 1. The lowest BCUT2D eigenvalue weighted by Gasteiger charge is -2.25. The summed E-state index contributed by atoms with van der Waals surface area (Å²) in [5.74, 6) is 0.985. The predicted molar refractivity (Wildman–Crippen MR) is 96.4 cm³/mol. The zero-order valence-electron chi connectivity index (χ0n) is 12.8. The van der Waals surface area contributed by atoms with Crippen LogP contribution in [-0.2, 0) is 4.79 Å². The van der Waals surface area contributed by atoms with Gasteiger partial charge in [0.15, 0.2) is 16.6 Å². The quantitative estimate of drug-likeness (QED) is 0.722. The highest BCUT2D eigenvalue weighted by atomic mass is 32.2. The average Bonchev–Trinajstić information content (AvgIpc) is 3.03. The van der Waals surface area contributed by atoms with E-state index in [4.69, 9.17) is 9.47 Å². The number of hydrogen-bond donors (Lipinski definition) is 1. The molecule has 122 valence electrons. The van der Waals surface area contributed by atoms with Crippen molar-refractivity contribution < 1.29 is 14.3 Å². The maximum absolute atomic E-state index is 12.5. The molecule has 0 bridgehead atoms. The SMILES string of the molecule is CSc1cccc2sc(NC(=O)[C@@H]3COc4ccccc4O3)nc12. The molecule has 0 saturated carbocycles. The van der Waals surface area contributed by atoms with E-state index in [9.17, 15) is 4.79 Å². The average molecular weight is 358 g/mol. The van der Waals surface area contributed by atoms with Gasteiger partial charge in [0.2, 0.25) is 6.10 Å². The molecule has 2 aromatic carbocycles. The number of nitrogens with one attached hydrogen (secondary N) is 1. The minimum Gasteiger partial charge on any atom is -0.485 e. The van der Waals surface area contributed by atoms with E-state index in [1.54, 1.807) is 17.8 Å². The molecule has 4 rings (SSSR count). The monoisotopic (exact) mass is 358 g/mol. The van der Waals surface area contributed by atoms with Crippen LogP contribution in [0.5, 0.6) is 11.5 Å². The second-order valence-corrected chi connectivity index (χ2v) is 7.06. The van der Waals surface area contributed by atoms with Gasteiger partial charge in [-0.1, -0.05) is 29.5 Å². The van der Waals surface area contributed by atoms with Crippen LogP contribution in [0.15, 0.2) is 47.4 Å². The Bertz CT molecular complexity index is 910. The molecule has 1 aromatic heterocycles. The minimum absolute atomic E-state index is 0.184. The van der Waals surface area contributed by atoms with Gasteiger partial charge in [0, 0.05) is 4.90 Å². The maximum Gasteiger partial charge on any atom is 0.270 e. The van der Waals surface area contributed by atoms with Crippen molar-refractivity contribution in [2.45, 2.75) is 11.0 Å². The largest absolute Gasteiger partial charge is 0.485 e. The fourth-order valence-corrected chi connectivity index (χ4v) is 4.00. The molecule has 3 aromatic rings. The number of carbonyl (C=O) groups is 1. The second-order valence-electron chi connectivity index (χ2n) is 5.18. The minimum atomic E-state index is -0.688. The number of hydrogen-bond acceptors (Lipinski definition) is 6. The first-order chi connectivity index (χ1) is 11.7. The summed E-state index contributed by atoms with van der Waals surface area (Å²) in [4.78, 5) is 18.1. The van der Waals surface area contributed by atoms with Crippen LogP contribution in [-0.4, -0.2) is 29.9 Å². The molecule has 1 amide bonds. The molecule has 0 aliphatic carbocycles. The van der Waals surface area contributed by atoms with Crippen molar-refractivity contribution in [2.24, 2.45) is 0 Å². The van der Waals surface area contributed by atoms with E-state index < -0.39 is 6.10 Å². The number of benzene rings is 2. The van der Waals surface area contributed by atoms with E-state index in [-0.39, 0.29) is 12.5 Å². The first-order valence-electron chi connectivity index (χ1n) is 7.37. The van der Waals surface area contributed by atoms with Crippen LogP contribution in [0.2, 0.25) is 0 Å². The summed E-state index contributed by atoms with van der Waals surface area (Å²) in [6.07, 6.45) is 1.32. The molecule has 0 spiro atoms. The van der Waals surface area contributed by atoms with Crippen LogP contribution in [0.3, 0.4) is 0 Å². The molecule has 0 fully saturated rings. The number of para-hydroxylation sites is 3. The van der Waals surface area contributed by atoms with Crippen LogP contribution >= 0.6 is 23.1 Å². The molecule has 1 N–H and O–H groups in total. The number of anilines is 1. The lowest BCUT2D eigenvalue weighted by atomic mass is 10.2. The molecule has 0 unspecified atom stereocenters. The Labute approximate surface area is 147 Å². The van der Waals surface area contributed by atoms with Crippen LogP contribution in [0, 0.1) is 0 Å². The van der Waals surface area contributed by atoms with E-state index in [0.717, 1.165) is 15.1 Å². The Hall–Kier alpha value is -2.25. The van der Waals surface area contributed by atoms with Gasteiger partial charge in [-0.15, -0.1) is 11.8 Å². The number of rotatable bonds is 3. The van der Waals surface area contributed by atoms with Gasteiger partial charge in [-0.3, -0.25) is 10.1 Å². The van der Waals surface area contributed by atoms with Gasteiger partial charge in [-0.2, -0.15) is 0 Å². The van der Waals surface area contributed by atoms with Gasteiger partial charge in [-0.25, -0.2) is 4.98 Å². The van der Waals surface area contributed by atoms with Crippen molar-refractivity contribution in [1.29, 1.82) is 0 Å². The van der Waals surface area contributed by atoms with Gasteiger partial charge in [0.05, 0.1) is 10.2 Å². The van der Waals surface area contributed by atoms with Gasteiger partial charge >= 0.3 is 0 Å². The lowest BCUT2D eigenvalue weighted by molar-refractivity contribution is -0.125. The summed E-state index contributed by atoms with van der Waals surface area (Å²) in [6, 6.07) is 13.3. The van der Waals surface area contributed by atoms with E-state index in [2.05, 4.69) is 10.3 Å². The number of ether oxygens (including phenoxy) is 2. The van der Waals surface area contributed by atoms with Gasteiger partial charge in [0.25, 0.3) is 5.91 Å². The van der Waals surface area contributed by atoms with Crippen LogP contribution < -0.4 is 14.8 Å². The number of thiazole rings is 1. The van der Waals surface area contributed by atoms with E-state index in [1.165, 1.54) is 11.3 Å². The zero-order chi connectivity index (χ0) is 16.5. The van der Waals surface area contributed by atoms with Crippen molar-refractivity contribution >= 4 is 44.4 Å². The second kappa shape index (κ2) is 6.33. The van der Waals surface area contributed by atoms with E-state index >= 15 is 0 Å². The van der Waals surface area contributed by atoms with Crippen molar-refractivity contribution in [1.82, 2.24) is 4.98 Å². The molecule has 24 heavy (non-hydrogen) atoms. The smallest absolute Gasteiger partial charge is 0.270 e. The summed E-state index contributed by atoms with van der Waals surface area (Å²) >= 11 is 3.09. The maximum atomic E-state index is 12.5. The molecule has 1 aliphatic heterocycles. The van der Waals surface area contributed by atoms with E-state index in [0.29, 0.717) is 16.6 Å². The summed E-state index contributed by atoms with van der Waals surface area (Å²) < 4.78 is 12.3. The highest BCUT2D eigenvalue weighted by Crippen LogP contribution is 2.33. The topological polar surface area (TPSA) is 60.5 Å². The van der Waals surface area contributed by atoms with Crippen LogP contribution in [0.1, 0.15) is 0 Å². The molecule has 0 saturated heterocycles. The summed E-state index contributed by atoms with van der Waals surface area (Å²) in [6.45, 7) is 0.184. The van der Waals surface area contributed by atoms with E-state index in [1.807, 2.05) is 42.7 Å². The summed E-state index contributed by atoms with van der Waals surface area (Å²) in [5, 5.41) is 3.41. The predicted octanol–water partition coefficient (Wildman–Crippen LogP) is 3.80. The molecule has 1 aliphatic rings. The molecular weight excluding hydrogens is 344 g/mol. The van der Waals surface area contributed by atoms with Crippen molar-refractivity contribution in [3.05, 3.63) is 42.5 Å². The Morgan fingerprint density at radius 1 is 1.25 bits per heavy atom. The Kier molecular flexibility index (Phi) is 4.03. The fraction of sp³-hybridized carbons (Fsp3) is 0.176. The molecule has 7 heteroatoms. The Balaban J connectivity index is 1.53. The number of nitrogens with zero attached hydrogens (tertiary/aromatic N) is 1. The number of carbonyl (C=O) groups excluding carboxylic acids is 1. The first kappa shape index (κ1) is 15.3. The normalized spacial score (nSPS) is 16.1. The van der Waals surface area contributed by atoms with Gasteiger partial charge in [-0.05, 0) is 30.5 Å². The highest BCUT2D eigenvalue weighted by molar-refractivity contribution is 7.98. The molecular formula is C17H14N2O3S2. The lowest BCUT2D eigenvalue weighted by Crippen LogP contribution is -2.40. The third-order valence-electron chi connectivity index (χ3n) is 3.63. The zero-order valence-corrected chi connectivity index (χ0v) is 14.4. The molecule has 1 atom stereocenters. The van der Waals surface area contributed by atoms with Crippen molar-refractivity contribution in [3.63, 3.8) is 0 Å². The third kappa shape index (κ3) is 2.81. The number of aromatic nitrogens is 1. The van der Waals surface area contributed by atoms with Gasteiger partial charge in [0.1, 0.15) is 6.61 Å². The molecule has 2 heterocycles. The van der Waals surface area contributed by atoms with Crippen LogP contribution in [0.25, 0.3) is 10.2 Å². The summed E-state index contributed by atoms with van der Waals surface area (Å²) in [7, 11) is 0. The van der Waals surface area contributed by atoms with Crippen molar-refractivity contribution in [2.75, 3.05) is 18.2 Å². The first-order valence-corrected chi connectivity index (χ1v) is 9.41. The Morgan fingerprint density at radius 3 is 2.92 bits per heavy atom. The molecule has 5 nitrogen and oxygen atoms in total. The standard InChI is InChI=1S/C17H14N2O3S2/c1-23-13-7-4-8-14-15(13)18-17(24-14)19-16(20)12-9-21-10-5-2-3-6-11(10)22-12/h2-8,12H,9H2,1H3,(H,18,19,20)/t12-/m0/s1. The highest BCUT2D eigenvalue weighted by Gasteiger charge is 2.28.